The maximum atomic E-state index is 4.85. The first-order chi connectivity index (χ1) is 9.74. The summed E-state index contributed by atoms with van der Waals surface area (Å²) in [6.45, 7) is 4.97. The number of rotatable bonds is 2. The first-order valence-electron chi connectivity index (χ1n) is 7.04. The van der Waals surface area contributed by atoms with E-state index in [2.05, 4.69) is 61.6 Å². The van der Waals surface area contributed by atoms with E-state index in [0.717, 1.165) is 5.69 Å². The average molecular weight is 353 g/mol. The van der Waals surface area contributed by atoms with Crippen molar-refractivity contribution in [2.24, 2.45) is 4.99 Å². The van der Waals surface area contributed by atoms with Gasteiger partial charge in [0.15, 0.2) is 0 Å². The topological polar surface area (TPSA) is 12.4 Å². The number of aliphatic imine (C=N–C) groups is 1. The number of hydrogen-bond donors (Lipinski definition) is 0. The second-order valence-electron chi connectivity index (χ2n) is 5.60. The number of allylic oxidation sites excluding steroid dienone is 1. The van der Waals surface area contributed by atoms with Crippen LogP contribution in [0.1, 0.15) is 16.7 Å². The normalized spacial score (nSPS) is 14.6. The molecule has 2 aromatic carbocycles. The summed E-state index contributed by atoms with van der Waals surface area (Å²) in [6.07, 6.45) is 2.40. The van der Waals surface area contributed by atoms with Crippen molar-refractivity contribution in [3.05, 3.63) is 59.2 Å². The van der Waals surface area contributed by atoms with Crippen LogP contribution in [0.2, 0.25) is 13.1 Å². The van der Waals surface area contributed by atoms with E-state index in [1.54, 1.807) is 3.27 Å². The van der Waals surface area contributed by atoms with E-state index in [1.165, 1.54) is 28.0 Å². The van der Waals surface area contributed by atoms with Gasteiger partial charge in [0.05, 0.1) is 0 Å². The van der Waals surface area contributed by atoms with Crippen molar-refractivity contribution in [2.75, 3.05) is 0 Å². The van der Waals surface area contributed by atoms with Gasteiger partial charge in [-0.2, -0.15) is 0 Å². The van der Waals surface area contributed by atoms with Gasteiger partial charge in [0, 0.05) is 0 Å². The van der Waals surface area contributed by atoms with Gasteiger partial charge in [0.1, 0.15) is 0 Å². The summed E-state index contributed by atoms with van der Waals surface area (Å²) >= 11 is -0.361. The molecule has 2 aliphatic rings. The van der Waals surface area contributed by atoms with Crippen LogP contribution in [-0.2, 0) is 22.4 Å². The van der Waals surface area contributed by atoms with Crippen LogP contribution in [0.4, 0.5) is 5.69 Å². The van der Waals surface area contributed by atoms with Crippen molar-refractivity contribution in [1.29, 1.82) is 0 Å². The van der Waals surface area contributed by atoms with Crippen LogP contribution < -0.4 is 3.27 Å². The molecule has 0 bridgehead atoms. The average Bonchev–Trinajstić information content (AvgIpc) is 2.95. The fraction of sp³-hybridized carbons (Fsp3) is 0.118. The van der Waals surface area contributed by atoms with E-state index in [9.17, 15) is 0 Å². The zero-order valence-corrected chi connectivity index (χ0v) is 15.3. The molecule has 0 spiro atoms. The van der Waals surface area contributed by atoms with E-state index >= 15 is 0 Å². The number of hydrogen-bond acceptors (Lipinski definition) is 1. The Hall–Kier alpha value is -1.05. The summed E-state index contributed by atoms with van der Waals surface area (Å²) in [4.78, 5) is 4.85. The molecule has 1 aliphatic carbocycles. The standard InChI is InChI=1S/C15H8N.C2H7Si.Zr/c1-2-6-11-10(5-1)9-13-12-7-3-4-8-14(12)16-15(11)13;1-3-2;/h1-4,6-9H;3H,1-2H3;. The van der Waals surface area contributed by atoms with E-state index < -0.39 is 5.92 Å². The van der Waals surface area contributed by atoms with Crippen molar-refractivity contribution >= 4 is 32.2 Å². The van der Waals surface area contributed by atoms with Gasteiger partial charge >= 0.3 is 132 Å². The predicted molar refractivity (Wildman–Crippen MR) is 85.5 cm³/mol. The Balaban J connectivity index is 1.88. The fourth-order valence-electron chi connectivity index (χ4n) is 2.97. The molecular formula is C17H15NSiZr. The predicted octanol–water partition coefficient (Wildman–Crippen LogP) is 3.37. The summed E-state index contributed by atoms with van der Waals surface area (Å²) < 4.78 is 1.68. The molecule has 0 saturated carbocycles. The Morgan fingerprint density at radius 2 is 1.75 bits per heavy atom. The maximum absolute atomic E-state index is 4.85. The minimum absolute atomic E-state index is 0.361. The molecule has 0 atom stereocenters. The number of nitrogens with zero attached hydrogens (tertiary/aromatic N) is 1. The molecule has 0 aromatic heterocycles. The molecule has 2 aromatic rings. The molecule has 3 heteroatoms. The second-order valence-corrected chi connectivity index (χ2v) is 20.2. The molecule has 4 rings (SSSR count). The summed E-state index contributed by atoms with van der Waals surface area (Å²) in [6, 6.07) is 15.3. The van der Waals surface area contributed by atoms with Crippen LogP contribution in [-0.4, -0.2) is 11.6 Å². The second kappa shape index (κ2) is 4.75. The van der Waals surface area contributed by atoms with Crippen LogP contribution in [0.5, 0.6) is 0 Å². The van der Waals surface area contributed by atoms with Crippen molar-refractivity contribution < 1.29 is 22.4 Å². The summed E-state index contributed by atoms with van der Waals surface area (Å²) in [7, 11) is 0. The van der Waals surface area contributed by atoms with Crippen molar-refractivity contribution in [3.63, 3.8) is 0 Å². The Bertz CT molecular complexity index is 774. The molecule has 0 N–H and O–H groups in total. The molecule has 0 radical (unpaired) electrons. The molecule has 0 saturated heterocycles. The quantitative estimate of drug-likeness (QED) is 0.735. The number of benzene rings is 2. The third-order valence-electron chi connectivity index (χ3n) is 3.78. The third kappa shape index (κ3) is 1.88. The van der Waals surface area contributed by atoms with Crippen LogP contribution >= 0.6 is 0 Å². The third-order valence-corrected chi connectivity index (χ3v) is 12.3. The molecule has 0 unspecified atom stereocenters. The molecule has 0 fully saturated rings. The monoisotopic (exact) mass is 351 g/mol. The van der Waals surface area contributed by atoms with Gasteiger partial charge in [0.2, 0.25) is 0 Å². The molecule has 96 valence electrons. The van der Waals surface area contributed by atoms with Crippen molar-refractivity contribution in [2.45, 2.75) is 13.1 Å². The van der Waals surface area contributed by atoms with Crippen LogP contribution in [0.3, 0.4) is 0 Å². The fourth-order valence-corrected chi connectivity index (χ4v) is 11.0. The van der Waals surface area contributed by atoms with Crippen LogP contribution in [0.15, 0.2) is 47.5 Å². The van der Waals surface area contributed by atoms with Gasteiger partial charge < -0.3 is 0 Å². The Labute approximate surface area is 131 Å². The summed E-state index contributed by atoms with van der Waals surface area (Å²) in [5.74, 6) is -0.430. The van der Waals surface area contributed by atoms with Gasteiger partial charge in [-0.1, -0.05) is 0 Å². The van der Waals surface area contributed by atoms with Crippen molar-refractivity contribution in [1.82, 2.24) is 0 Å². The first-order valence-corrected chi connectivity index (χ1v) is 15.4. The van der Waals surface area contributed by atoms with E-state index in [4.69, 9.17) is 4.99 Å². The van der Waals surface area contributed by atoms with Gasteiger partial charge in [-0.05, 0) is 0 Å². The Morgan fingerprint density at radius 3 is 2.60 bits per heavy atom. The molecule has 0 amide bonds. The molecule has 20 heavy (non-hydrogen) atoms. The molecule has 1 nitrogen and oxygen atoms in total. The van der Waals surface area contributed by atoms with E-state index in [0.29, 0.717) is 0 Å². The first kappa shape index (κ1) is 12.7. The van der Waals surface area contributed by atoms with E-state index in [-0.39, 0.29) is 22.4 Å². The molecular weight excluding hydrogens is 338 g/mol. The zero-order chi connectivity index (χ0) is 13.7. The van der Waals surface area contributed by atoms with Gasteiger partial charge in [-0.15, -0.1) is 0 Å². The number of fused-ring (bicyclic) bond motifs is 5. The van der Waals surface area contributed by atoms with Crippen LogP contribution in [0, 0.1) is 0 Å². The summed E-state index contributed by atoms with van der Waals surface area (Å²) in [5.41, 5.74) is 7.83. The minimum atomic E-state index is -0.430. The van der Waals surface area contributed by atoms with Crippen molar-refractivity contribution in [3.8, 4) is 0 Å². The van der Waals surface area contributed by atoms with E-state index in [1.807, 2.05) is 0 Å². The van der Waals surface area contributed by atoms with Gasteiger partial charge in [-0.25, -0.2) is 0 Å². The number of para-hydroxylation sites is 1. The summed E-state index contributed by atoms with van der Waals surface area (Å²) in [5, 5.41) is 0. The Morgan fingerprint density at radius 1 is 0.950 bits per heavy atom. The SMILES string of the molecule is C[SiH](C)[Zr][c]1cccc2c1C=C1C2=Nc2ccccc21. The van der Waals surface area contributed by atoms with Crippen LogP contribution in [0.25, 0.3) is 11.6 Å². The molecule has 1 aliphatic heterocycles. The van der Waals surface area contributed by atoms with Gasteiger partial charge in [0.25, 0.3) is 0 Å². The zero-order valence-electron chi connectivity index (χ0n) is 11.6. The molecule has 1 heterocycles. The Kier molecular flexibility index (Phi) is 3.01. The van der Waals surface area contributed by atoms with Gasteiger partial charge in [-0.3, -0.25) is 0 Å².